The van der Waals surface area contributed by atoms with Crippen LogP contribution in [-0.2, 0) is 4.74 Å². The van der Waals surface area contributed by atoms with Gasteiger partial charge >= 0.3 is 0 Å². The van der Waals surface area contributed by atoms with Gasteiger partial charge in [0.2, 0.25) is 5.95 Å². The molecule has 0 radical (unpaired) electrons. The Labute approximate surface area is 169 Å². The van der Waals surface area contributed by atoms with E-state index in [2.05, 4.69) is 31.0 Å². The minimum Gasteiger partial charge on any atom is -0.388 e. The molecule has 9 heteroatoms. The van der Waals surface area contributed by atoms with Crippen LogP contribution in [0.3, 0.4) is 0 Å². The lowest BCUT2D eigenvalue weighted by atomic mass is 10.0. The molecule has 1 saturated carbocycles. The molecule has 2 N–H and O–H groups in total. The van der Waals surface area contributed by atoms with Crippen LogP contribution in [0.25, 0.3) is 16.7 Å². The fourth-order valence-electron chi connectivity index (χ4n) is 3.59. The van der Waals surface area contributed by atoms with E-state index >= 15 is 0 Å². The average molecular weight is 446 g/mol. The van der Waals surface area contributed by atoms with E-state index in [0.29, 0.717) is 43.3 Å². The SMILES string of the molecule is O=c1[nH]c(N2CCOCC2)nc2nn(-c3ccc(Br)cc3C(O)C3CC3)cc12. The number of nitrogens with zero attached hydrogens (tertiary/aromatic N) is 4. The van der Waals surface area contributed by atoms with Crippen LogP contribution in [0.4, 0.5) is 5.95 Å². The number of ether oxygens (including phenoxy) is 1. The highest BCUT2D eigenvalue weighted by Gasteiger charge is 2.32. The van der Waals surface area contributed by atoms with Crippen molar-refractivity contribution in [3.63, 3.8) is 0 Å². The fraction of sp³-hybridized carbons (Fsp3) is 0.421. The average Bonchev–Trinajstić information content (AvgIpc) is 3.47. The van der Waals surface area contributed by atoms with Gasteiger partial charge in [0, 0.05) is 29.3 Å². The van der Waals surface area contributed by atoms with Crippen molar-refractivity contribution in [1.29, 1.82) is 0 Å². The molecule has 0 bridgehead atoms. The highest BCUT2D eigenvalue weighted by atomic mass is 79.9. The number of anilines is 1. The lowest BCUT2D eigenvalue weighted by molar-refractivity contribution is 0.122. The number of aliphatic hydroxyl groups excluding tert-OH is 1. The zero-order valence-electron chi connectivity index (χ0n) is 15.1. The molecular weight excluding hydrogens is 426 g/mol. The molecule has 1 aliphatic carbocycles. The van der Waals surface area contributed by atoms with Gasteiger partial charge in [-0.05, 0) is 37.0 Å². The van der Waals surface area contributed by atoms with Crippen LogP contribution in [-0.4, -0.2) is 51.2 Å². The zero-order valence-corrected chi connectivity index (χ0v) is 16.7. The van der Waals surface area contributed by atoms with Gasteiger partial charge in [0.1, 0.15) is 5.39 Å². The summed E-state index contributed by atoms with van der Waals surface area (Å²) in [6.07, 6.45) is 3.18. The Morgan fingerprint density at radius 3 is 2.82 bits per heavy atom. The van der Waals surface area contributed by atoms with Gasteiger partial charge in [0.05, 0.1) is 25.0 Å². The van der Waals surface area contributed by atoms with E-state index in [0.717, 1.165) is 28.6 Å². The van der Waals surface area contributed by atoms with Crippen LogP contribution in [0.1, 0.15) is 24.5 Å². The molecule has 2 fully saturated rings. The van der Waals surface area contributed by atoms with Gasteiger partial charge in [-0.3, -0.25) is 9.78 Å². The van der Waals surface area contributed by atoms with Gasteiger partial charge in [-0.25, -0.2) is 4.68 Å². The Morgan fingerprint density at radius 1 is 1.29 bits per heavy atom. The molecule has 3 aromatic rings. The number of halogens is 1. The molecule has 8 nitrogen and oxygen atoms in total. The molecule has 3 heterocycles. The monoisotopic (exact) mass is 445 g/mol. The third-order valence-corrected chi connectivity index (χ3v) is 5.80. The summed E-state index contributed by atoms with van der Waals surface area (Å²) in [6, 6.07) is 5.72. The van der Waals surface area contributed by atoms with Crippen molar-refractivity contribution < 1.29 is 9.84 Å². The minimum absolute atomic E-state index is 0.223. The Balaban J connectivity index is 1.59. The van der Waals surface area contributed by atoms with Gasteiger partial charge in [-0.15, -0.1) is 5.10 Å². The second kappa shape index (κ2) is 6.98. The first-order valence-electron chi connectivity index (χ1n) is 9.40. The maximum atomic E-state index is 12.6. The normalized spacial score (nSPS) is 18.6. The highest BCUT2D eigenvalue weighted by molar-refractivity contribution is 9.10. The minimum atomic E-state index is -0.546. The van der Waals surface area contributed by atoms with Gasteiger partial charge < -0.3 is 14.7 Å². The molecule has 0 amide bonds. The Morgan fingerprint density at radius 2 is 2.07 bits per heavy atom. The van der Waals surface area contributed by atoms with E-state index in [1.54, 1.807) is 10.9 Å². The molecule has 2 aliphatic rings. The maximum absolute atomic E-state index is 12.6. The second-order valence-electron chi connectivity index (χ2n) is 7.29. The number of H-pyrrole nitrogens is 1. The molecule has 1 atom stereocenters. The van der Waals surface area contributed by atoms with Crippen molar-refractivity contribution in [2.75, 3.05) is 31.2 Å². The lowest BCUT2D eigenvalue weighted by Gasteiger charge is -2.26. The van der Waals surface area contributed by atoms with Crippen LogP contribution >= 0.6 is 15.9 Å². The number of aromatic amines is 1. The summed E-state index contributed by atoms with van der Waals surface area (Å²) in [5, 5.41) is 15.7. The van der Waals surface area contributed by atoms with Crippen molar-refractivity contribution in [3.8, 4) is 5.69 Å². The molecule has 1 aliphatic heterocycles. The summed E-state index contributed by atoms with van der Waals surface area (Å²) in [4.78, 5) is 22.0. The Hall–Kier alpha value is -2.23. The second-order valence-corrected chi connectivity index (χ2v) is 8.20. The number of aliphatic hydroxyl groups is 1. The summed E-state index contributed by atoms with van der Waals surface area (Å²) in [6.45, 7) is 2.58. The molecule has 1 unspecified atom stereocenters. The number of rotatable bonds is 4. The van der Waals surface area contributed by atoms with Gasteiger partial charge in [0.25, 0.3) is 5.56 Å². The molecule has 146 valence electrons. The summed E-state index contributed by atoms with van der Waals surface area (Å²) in [5.41, 5.74) is 1.72. The van der Waals surface area contributed by atoms with Gasteiger partial charge in [0.15, 0.2) is 5.65 Å². The van der Waals surface area contributed by atoms with Crippen LogP contribution < -0.4 is 10.5 Å². The molecule has 5 rings (SSSR count). The molecule has 1 saturated heterocycles. The molecule has 2 aromatic heterocycles. The number of fused-ring (bicyclic) bond motifs is 1. The van der Waals surface area contributed by atoms with E-state index in [1.807, 2.05) is 23.1 Å². The van der Waals surface area contributed by atoms with Gasteiger partial charge in [-0.1, -0.05) is 15.9 Å². The number of hydrogen-bond donors (Lipinski definition) is 2. The third-order valence-electron chi connectivity index (χ3n) is 5.31. The van der Waals surface area contributed by atoms with E-state index < -0.39 is 6.10 Å². The molecular formula is C19H20BrN5O3. The third kappa shape index (κ3) is 3.23. The summed E-state index contributed by atoms with van der Waals surface area (Å²) in [5.74, 6) is 0.799. The van der Waals surface area contributed by atoms with E-state index in [1.165, 1.54) is 0 Å². The largest absolute Gasteiger partial charge is 0.388 e. The van der Waals surface area contributed by atoms with E-state index in [-0.39, 0.29) is 11.5 Å². The predicted molar refractivity (Wildman–Crippen MR) is 108 cm³/mol. The summed E-state index contributed by atoms with van der Waals surface area (Å²) in [7, 11) is 0. The van der Waals surface area contributed by atoms with Crippen LogP contribution in [0.5, 0.6) is 0 Å². The lowest BCUT2D eigenvalue weighted by Crippen LogP contribution is -2.38. The van der Waals surface area contributed by atoms with Crippen molar-refractivity contribution in [2.24, 2.45) is 5.92 Å². The number of nitrogens with one attached hydrogen (secondary N) is 1. The Bertz CT molecular complexity index is 1080. The van der Waals surface area contributed by atoms with E-state index in [9.17, 15) is 9.90 Å². The Kier molecular flexibility index (Phi) is 4.45. The molecule has 0 spiro atoms. The first-order valence-corrected chi connectivity index (χ1v) is 10.2. The number of benzene rings is 1. The quantitative estimate of drug-likeness (QED) is 0.638. The highest BCUT2D eigenvalue weighted by Crippen LogP contribution is 2.43. The van der Waals surface area contributed by atoms with Crippen LogP contribution in [0.15, 0.2) is 33.7 Å². The van der Waals surface area contributed by atoms with Crippen LogP contribution in [0.2, 0.25) is 0 Å². The summed E-state index contributed by atoms with van der Waals surface area (Å²) >= 11 is 3.48. The van der Waals surface area contributed by atoms with Crippen molar-refractivity contribution in [3.05, 3.63) is 44.8 Å². The first-order chi connectivity index (χ1) is 13.6. The van der Waals surface area contributed by atoms with Crippen molar-refractivity contribution in [2.45, 2.75) is 18.9 Å². The first kappa shape index (κ1) is 17.8. The predicted octanol–water partition coefficient (Wildman–Crippen LogP) is 2.15. The summed E-state index contributed by atoms with van der Waals surface area (Å²) < 4.78 is 7.90. The standard InChI is InChI=1S/C19H20BrN5O3/c20-12-3-4-15(13(9-12)16(26)11-1-2-11)25-10-14-17(23-25)21-19(22-18(14)27)24-5-7-28-8-6-24/h3-4,9-11,16,26H,1-2,5-8H2,(H,21,22,23,27). The topological polar surface area (TPSA) is 96.3 Å². The van der Waals surface area contributed by atoms with Crippen LogP contribution in [0, 0.1) is 5.92 Å². The van der Waals surface area contributed by atoms with Gasteiger partial charge in [-0.2, -0.15) is 4.98 Å². The number of morpholine rings is 1. The van der Waals surface area contributed by atoms with E-state index in [4.69, 9.17) is 4.74 Å². The van der Waals surface area contributed by atoms with Crippen molar-refractivity contribution in [1.82, 2.24) is 19.7 Å². The number of hydrogen-bond acceptors (Lipinski definition) is 6. The maximum Gasteiger partial charge on any atom is 0.263 e. The fourth-order valence-corrected chi connectivity index (χ4v) is 3.97. The molecule has 28 heavy (non-hydrogen) atoms. The van der Waals surface area contributed by atoms with Crippen molar-refractivity contribution >= 4 is 32.9 Å². The smallest absolute Gasteiger partial charge is 0.263 e. The number of aromatic nitrogens is 4. The zero-order chi connectivity index (χ0) is 19.3. The molecule has 1 aromatic carbocycles.